The number of anilines is 1. The number of hydrogen-bond donors (Lipinski definition) is 1. The Hall–Kier alpha value is -1.14. The second kappa shape index (κ2) is 6.70. The zero-order valence-electron chi connectivity index (χ0n) is 10.4. The van der Waals surface area contributed by atoms with Crippen LogP contribution >= 0.6 is 11.6 Å². The standard InChI is InChI=1S/C11H17ClN4O2/c1-2-17-11-15-9(12)14-10(16-11)13-7-8-5-3-4-6-18-8/h8H,2-7H2,1H3,(H,13,14,15,16). The van der Waals surface area contributed by atoms with E-state index in [9.17, 15) is 0 Å². The smallest absolute Gasteiger partial charge is 0.322 e. The van der Waals surface area contributed by atoms with Gasteiger partial charge in [-0.1, -0.05) is 0 Å². The zero-order chi connectivity index (χ0) is 12.8. The highest BCUT2D eigenvalue weighted by molar-refractivity contribution is 6.28. The molecule has 0 saturated carbocycles. The highest BCUT2D eigenvalue weighted by atomic mass is 35.5. The number of halogens is 1. The van der Waals surface area contributed by atoms with Crippen molar-refractivity contribution < 1.29 is 9.47 Å². The maximum atomic E-state index is 5.79. The van der Waals surface area contributed by atoms with Crippen LogP contribution in [0.2, 0.25) is 5.28 Å². The lowest BCUT2D eigenvalue weighted by atomic mass is 10.1. The summed E-state index contributed by atoms with van der Waals surface area (Å²) in [4.78, 5) is 12.0. The first-order valence-corrected chi connectivity index (χ1v) is 6.55. The molecular formula is C11H17ClN4O2. The molecule has 1 aliphatic heterocycles. The summed E-state index contributed by atoms with van der Waals surface area (Å²) in [5.74, 6) is 0.424. The predicted molar refractivity (Wildman–Crippen MR) is 68.1 cm³/mol. The van der Waals surface area contributed by atoms with Crippen LogP contribution in [0.4, 0.5) is 5.95 Å². The summed E-state index contributed by atoms with van der Waals surface area (Å²) in [5.41, 5.74) is 0. The highest BCUT2D eigenvalue weighted by Gasteiger charge is 2.14. The Morgan fingerprint density at radius 1 is 1.39 bits per heavy atom. The Bertz CT molecular complexity index is 385. The van der Waals surface area contributed by atoms with Gasteiger partial charge in [0.05, 0.1) is 12.7 Å². The number of rotatable bonds is 5. The maximum Gasteiger partial charge on any atom is 0.322 e. The monoisotopic (exact) mass is 272 g/mol. The van der Waals surface area contributed by atoms with E-state index in [4.69, 9.17) is 21.1 Å². The van der Waals surface area contributed by atoms with Crippen LogP contribution < -0.4 is 10.1 Å². The lowest BCUT2D eigenvalue weighted by molar-refractivity contribution is 0.0246. The van der Waals surface area contributed by atoms with Crippen LogP contribution in [0.1, 0.15) is 26.2 Å². The lowest BCUT2D eigenvalue weighted by Gasteiger charge is -2.22. The lowest BCUT2D eigenvalue weighted by Crippen LogP contribution is -2.27. The number of nitrogens with one attached hydrogen (secondary N) is 1. The van der Waals surface area contributed by atoms with E-state index >= 15 is 0 Å². The normalized spacial score (nSPS) is 19.6. The first-order chi connectivity index (χ1) is 8.78. The predicted octanol–water partition coefficient (Wildman–Crippen LogP) is 1.90. The molecule has 2 rings (SSSR count). The van der Waals surface area contributed by atoms with Crippen molar-refractivity contribution in [2.24, 2.45) is 0 Å². The molecule has 7 heteroatoms. The van der Waals surface area contributed by atoms with Crippen LogP contribution in [-0.2, 0) is 4.74 Å². The Labute approximate surface area is 111 Å². The summed E-state index contributed by atoms with van der Waals surface area (Å²) in [5, 5.41) is 3.23. The Morgan fingerprint density at radius 2 is 2.28 bits per heavy atom. The van der Waals surface area contributed by atoms with Crippen molar-refractivity contribution in [2.45, 2.75) is 32.3 Å². The van der Waals surface area contributed by atoms with Gasteiger partial charge < -0.3 is 14.8 Å². The van der Waals surface area contributed by atoms with Gasteiger partial charge in [0.15, 0.2) is 0 Å². The molecule has 18 heavy (non-hydrogen) atoms. The van der Waals surface area contributed by atoms with E-state index < -0.39 is 0 Å². The molecule has 100 valence electrons. The van der Waals surface area contributed by atoms with Crippen molar-refractivity contribution in [3.05, 3.63) is 5.28 Å². The number of hydrogen-bond acceptors (Lipinski definition) is 6. The Balaban J connectivity index is 1.91. The average molecular weight is 273 g/mol. The number of aromatic nitrogens is 3. The molecule has 1 unspecified atom stereocenters. The fourth-order valence-corrected chi connectivity index (χ4v) is 1.93. The van der Waals surface area contributed by atoms with Gasteiger partial charge in [-0.05, 0) is 37.8 Å². The molecule has 1 aromatic heterocycles. The van der Waals surface area contributed by atoms with Crippen molar-refractivity contribution in [1.82, 2.24) is 15.0 Å². The van der Waals surface area contributed by atoms with E-state index in [0.717, 1.165) is 19.4 Å². The number of nitrogens with zero attached hydrogens (tertiary/aromatic N) is 3. The Morgan fingerprint density at radius 3 is 3.00 bits per heavy atom. The molecule has 1 aliphatic rings. The number of ether oxygens (including phenoxy) is 2. The SMILES string of the molecule is CCOc1nc(Cl)nc(NCC2CCCCO2)n1. The summed E-state index contributed by atoms with van der Waals surface area (Å²) >= 11 is 5.79. The van der Waals surface area contributed by atoms with Gasteiger partial charge in [0, 0.05) is 13.2 Å². The van der Waals surface area contributed by atoms with E-state index in [2.05, 4.69) is 20.3 Å². The molecule has 1 N–H and O–H groups in total. The van der Waals surface area contributed by atoms with E-state index in [1.54, 1.807) is 0 Å². The molecule has 0 bridgehead atoms. The molecule has 1 fully saturated rings. The van der Waals surface area contributed by atoms with Crippen LogP contribution in [0.5, 0.6) is 6.01 Å². The third-order valence-corrected chi connectivity index (χ3v) is 2.79. The zero-order valence-corrected chi connectivity index (χ0v) is 11.1. The van der Waals surface area contributed by atoms with Gasteiger partial charge in [-0.3, -0.25) is 0 Å². The van der Waals surface area contributed by atoms with Crippen LogP contribution in [0.25, 0.3) is 0 Å². The quantitative estimate of drug-likeness (QED) is 0.883. The molecule has 1 saturated heterocycles. The molecule has 0 amide bonds. The third-order valence-electron chi connectivity index (χ3n) is 2.62. The fraction of sp³-hybridized carbons (Fsp3) is 0.727. The minimum Gasteiger partial charge on any atom is -0.464 e. The summed E-state index contributed by atoms with van der Waals surface area (Å²) in [6.45, 7) is 3.85. The van der Waals surface area contributed by atoms with Gasteiger partial charge in [-0.25, -0.2) is 0 Å². The molecule has 6 nitrogen and oxygen atoms in total. The van der Waals surface area contributed by atoms with E-state index in [0.29, 0.717) is 19.1 Å². The second-order valence-electron chi connectivity index (χ2n) is 4.01. The first kappa shape index (κ1) is 13.3. The van der Waals surface area contributed by atoms with Crippen LogP contribution in [0, 0.1) is 0 Å². The summed E-state index contributed by atoms with van der Waals surface area (Å²) in [6, 6.07) is 0.240. The molecule has 0 radical (unpaired) electrons. The molecule has 0 aliphatic carbocycles. The molecule has 0 spiro atoms. The van der Waals surface area contributed by atoms with Gasteiger partial charge in [-0.2, -0.15) is 15.0 Å². The van der Waals surface area contributed by atoms with E-state index in [-0.39, 0.29) is 17.4 Å². The molecular weight excluding hydrogens is 256 g/mol. The first-order valence-electron chi connectivity index (χ1n) is 6.17. The van der Waals surface area contributed by atoms with Crippen LogP contribution in [0.15, 0.2) is 0 Å². The average Bonchev–Trinajstić information content (AvgIpc) is 2.37. The second-order valence-corrected chi connectivity index (χ2v) is 4.35. The topological polar surface area (TPSA) is 69.2 Å². The van der Waals surface area contributed by atoms with Gasteiger partial charge in [0.25, 0.3) is 0 Å². The maximum absolute atomic E-state index is 5.79. The van der Waals surface area contributed by atoms with Crippen LogP contribution in [0.3, 0.4) is 0 Å². The summed E-state index contributed by atoms with van der Waals surface area (Å²) in [7, 11) is 0. The van der Waals surface area contributed by atoms with Gasteiger partial charge in [0.1, 0.15) is 0 Å². The molecule has 1 atom stereocenters. The van der Waals surface area contributed by atoms with E-state index in [1.165, 1.54) is 6.42 Å². The largest absolute Gasteiger partial charge is 0.464 e. The van der Waals surface area contributed by atoms with Crippen molar-refractivity contribution in [3.63, 3.8) is 0 Å². The third kappa shape index (κ3) is 3.96. The molecule has 2 heterocycles. The highest BCUT2D eigenvalue weighted by Crippen LogP contribution is 2.15. The fourth-order valence-electron chi connectivity index (χ4n) is 1.78. The van der Waals surface area contributed by atoms with Gasteiger partial charge >= 0.3 is 6.01 Å². The minimum absolute atomic E-state index is 0.125. The molecule has 0 aromatic carbocycles. The minimum atomic E-state index is 0.125. The van der Waals surface area contributed by atoms with Crippen LogP contribution in [-0.4, -0.2) is 40.8 Å². The van der Waals surface area contributed by atoms with Gasteiger partial charge in [0.2, 0.25) is 11.2 Å². The summed E-state index contributed by atoms with van der Waals surface area (Å²) in [6.07, 6.45) is 3.62. The van der Waals surface area contributed by atoms with Gasteiger partial charge in [-0.15, -0.1) is 0 Å². The van der Waals surface area contributed by atoms with Crippen molar-refractivity contribution >= 4 is 17.5 Å². The summed E-state index contributed by atoms with van der Waals surface area (Å²) < 4.78 is 10.8. The molecule has 1 aromatic rings. The van der Waals surface area contributed by atoms with E-state index in [1.807, 2.05) is 6.92 Å². The van der Waals surface area contributed by atoms with Crippen molar-refractivity contribution in [2.75, 3.05) is 25.1 Å². The Kier molecular flexibility index (Phi) is 4.95. The van der Waals surface area contributed by atoms with Crippen molar-refractivity contribution in [1.29, 1.82) is 0 Å². The van der Waals surface area contributed by atoms with Crippen molar-refractivity contribution in [3.8, 4) is 6.01 Å².